The van der Waals surface area contributed by atoms with E-state index in [0.29, 0.717) is 18.7 Å². The second-order valence-electron chi connectivity index (χ2n) is 8.24. The molecule has 0 saturated heterocycles. The lowest BCUT2D eigenvalue weighted by molar-refractivity contribution is -0.141. The number of rotatable bonds is 13. The van der Waals surface area contributed by atoms with E-state index in [1.54, 1.807) is 19.2 Å². The molecule has 9 heteroatoms. The van der Waals surface area contributed by atoms with Crippen LogP contribution in [-0.4, -0.2) is 69.0 Å². The molecule has 8 nitrogen and oxygen atoms in total. The molecule has 2 aromatic rings. The SMILES string of the molecule is CCCCNC(=O)[C@@H](Cc1ccccc1)N(Cc1ccc(OC)cc1)C(=O)CN(C)S(C)(=O)=O. The normalized spacial score (nSPS) is 12.3. The summed E-state index contributed by atoms with van der Waals surface area (Å²) in [6, 6.07) is 15.9. The largest absolute Gasteiger partial charge is 0.497 e. The van der Waals surface area contributed by atoms with Crippen LogP contribution in [-0.2, 0) is 32.6 Å². The maximum absolute atomic E-state index is 13.4. The van der Waals surface area contributed by atoms with Gasteiger partial charge in [0, 0.05) is 26.6 Å². The van der Waals surface area contributed by atoms with Crippen LogP contribution in [0, 0.1) is 0 Å². The topological polar surface area (TPSA) is 96.0 Å². The van der Waals surface area contributed by atoms with Crippen LogP contribution >= 0.6 is 0 Å². The van der Waals surface area contributed by atoms with Gasteiger partial charge in [-0.25, -0.2) is 8.42 Å². The second-order valence-corrected chi connectivity index (χ2v) is 10.3. The zero-order valence-corrected chi connectivity index (χ0v) is 21.2. The first-order valence-electron chi connectivity index (χ1n) is 11.3. The van der Waals surface area contributed by atoms with Crippen molar-refractivity contribution in [2.75, 3.05) is 33.5 Å². The van der Waals surface area contributed by atoms with Gasteiger partial charge in [0.2, 0.25) is 21.8 Å². The van der Waals surface area contributed by atoms with Gasteiger partial charge in [0.25, 0.3) is 0 Å². The number of amides is 2. The van der Waals surface area contributed by atoms with Crippen LogP contribution in [0.2, 0.25) is 0 Å². The summed E-state index contributed by atoms with van der Waals surface area (Å²) in [4.78, 5) is 28.2. The van der Waals surface area contributed by atoms with Gasteiger partial charge in [-0.2, -0.15) is 4.31 Å². The number of benzene rings is 2. The van der Waals surface area contributed by atoms with Gasteiger partial charge in [-0.15, -0.1) is 0 Å². The molecule has 2 amide bonds. The molecule has 1 atom stereocenters. The molecule has 0 fully saturated rings. The Balaban J connectivity index is 2.41. The number of methoxy groups -OCH3 is 1. The lowest BCUT2D eigenvalue weighted by Crippen LogP contribution is -2.53. The number of hydrogen-bond donors (Lipinski definition) is 1. The third-order valence-corrected chi connectivity index (χ3v) is 6.80. The number of carbonyl (C=O) groups is 2. The van der Waals surface area contributed by atoms with Crippen LogP contribution in [0.25, 0.3) is 0 Å². The average Bonchev–Trinajstić information content (AvgIpc) is 2.81. The predicted molar refractivity (Wildman–Crippen MR) is 133 cm³/mol. The van der Waals surface area contributed by atoms with Crippen molar-refractivity contribution in [1.82, 2.24) is 14.5 Å². The molecular weight excluding hydrogens is 454 g/mol. The van der Waals surface area contributed by atoms with E-state index in [1.165, 1.54) is 11.9 Å². The molecule has 0 saturated carbocycles. The Bertz CT molecular complexity index is 1030. The standard InChI is InChI=1S/C25H35N3O5S/c1-5-6-16-26-25(30)23(17-20-10-8-7-9-11-20)28(24(29)19-27(2)34(4,31)32)18-21-12-14-22(33-3)15-13-21/h7-15,23H,5-6,16-19H2,1-4H3,(H,26,30)/t23-/m1/s1. The minimum absolute atomic E-state index is 0.152. The predicted octanol–water partition coefficient (Wildman–Crippen LogP) is 2.44. The number of nitrogens with one attached hydrogen (secondary N) is 1. The first-order valence-corrected chi connectivity index (χ1v) is 13.2. The quantitative estimate of drug-likeness (QED) is 0.436. The Kier molecular flexibility index (Phi) is 10.5. The van der Waals surface area contributed by atoms with Crippen molar-refractivity contribution in [3.63, 3.8) is 0 Å². The monoisotopic (exact) mass is 489 g/mol. The van der Waals surface area contributed by atoms with E-state index in [2.05, 4.69) is 5.32 Å². The molecular formula is C25H35N3O5S. The number of likely N-dealkylation sites (N-methyl/N-ethyl adjacent to an activating group) is 1. The molecule has 0 aliphatic heterocycles. The molecule has 0 aliphatic carbocycles. The van der Waals surface area contributed by atoms with E-state index in [0.717, 1.165) is 34.5 Å². The number of nitrogens with zero attached hydrogens (tertiary/aromatic N) is 2. The molecule has 2 rings (SSSR count). The molecule has 0 heterocycles. The summed E-state index contributed by atoms with van der Waals surface area (Å²) < 4.78 is 30.1. The van der Waals surface area contributed by atoms with Crippen LogP contribution in [0.1, 0.15) is 30.9 Å². The van der Waals surface area contributed by atoms with Crippen molar-refractivity contribution in [3.05, 3.63) is 65.7 Å². The lowest BCUT2D eigenvalue weighted by Gasteiger charge is -2.32. The molecule has 0 bridgehead atoms. The van der Waals surface area contributed by atoms with Gasteiger partial charge >= 0.3 is 0 Å². The summed E-state index contributed by atoms with van der Waals surface area (Å²) in [6.45, 7) is 2.34. The summed E-state index contributed by atoms with van der Waals surface area (Å²) in [6.07, 6.45) is 3.11. The number of unbranched alkanes of at least 4 members (excludes halogenated alkanes) is 1. The molecule has 0 aromatic heterocycles. The summed E-state index contributed by atoms with van der Waals surface area (Å²) in [5.74, 6) is -0.0342. The maximum Gasteiger partial charge on any atom is 0.243 e. The minimum Gasteiger partial charge on any atom is -0.497 e. The third kappa shape index (κ3) is 8.46. The van der Waals surface area contributed by atoms with Gasteiger partial charge in [-0.1, -0.05) is 55.8 Å². The first kappa shape index (κ1) is 27.3. The molecule has 0 spiro atoms. The Labute approximate surface area is 202 Å². The van der Waals surface area contributed by atoms with Gasteiger partial charge in [-0.3, -0.25) is 9.59 Å². The third-order valence-electron chi connectivity index (χ3n) is 5.54. The summed E-state index contributed by atoms with van der Waals surface area (Å²) in [7, 11) is -0.642. The van der Waals surface area contributed by atoms with Crippen LogP contribution in [0.3, 0.4) is 0 Å². The van der Waals surface area contributed by atoms with Crippen molar-refractivity contribution >= 4 is 21.8 Å². The number of carbonyl (C=O) groups excluding carboxylic acids is 2. The fourth-order valence-corrected chi connectivity index (χ4v) is 3.73. The summed E-state index contributed by atoms with van der Waals surface area (Å²) in [5.41, 5.74) is 1.71. The molecule has 0 radical (unpaired) electrons. The van der Waals surface area contributed by atoms with Crippen LogP contribution in [0.15, 0.2) is 54.6 Å². The number of ether oxygens (including phenoxy) is 1. The highest BCUT2D eigenvalue weighted by Gasteiger charge is 2.31. The van der Waals surface area contributed by atoms with Crippen LogP contribution in [0.5, 0.6) is 5.75 Å². The molecule has 186 valence electrons. The van der Waals surface area contributed by atoms with E-state index >= 15 is 0 Å². The van der Waals surface area contributed by atoms with Crippen LogP contribution < -0.4 is 10.1 Å². The Morgan fingerprint density at radius 1 is 1.03 bits per heavy atom. The summed E-state index contributed by atoms with van der Waals surface area (Å²) >= 11 is 0. The van der Waals surface area contributed by atoms with Gasteiger partial charge in [-0.05, 0) is 29.7 Å². The highest BCUT2D eigenvalue weighted by atomic mass is 32.2. The lowest BCUT2D eigenvalue weighted by atomic mass is 10.0. The van der Waals surface area contributed by atoms with Gasteiger partial charge in [0.05, 0.1) is 19.9 Å². The van der Waals surface area contributed by atoms with Gasteiger partial charge in [0.15, 0.2) is 0 Å². The Hall–Kier alpha value is -2.91. The van der Waals surface area contributed by atoms with E-state index in [-0.39, 0.29) is 19.0 Å². The van der Waals surface area contributed by atoms with Crippen molar-refractivity contribution in [3.8, 4) is 5.75 Å². The van der Waals surface area contributed by atoms with Gasteiger partial charge < -0.3 is 15.0 Å². The Morgan fingerprint density at radius 2 is 1.68 bits per heavy atom. The smallest absolute Gasteiger partial charge is 0.243 e. The molecule has 34 heavy (non-hydrogen) atoms. The van der Waals surface area contributed by atoms with Crippen molar-refractivity contribution in [1.29, 1.82) is 0 Å². The van der Waals surface area contributed by atoms with Crippen LogP contribution in [0.4, 0.5) is 0 Å². The molecule has 2 aromatic carbocycles. The highest BCUT2D eigenvalue weighted by molar-refractivity contribution is 7.88. The number of hydrogen-bond acceptors (Lipinski definition) is 5. The average molecular weight is 490 g/mol. The molecule has 0 aliphatic rings. The molecule has 0 unspecified atom stereocenters. The fraction of sp³-hybridized carbons (Fsp3) is 0.440. The second kappa shape index (κ2) is 13.1. The highest BCUT2D eigenvalue weighted by Crippen LogP contribution is 2.18. The molecule has 1 N–H and O–H groups in total. The van der Waals surface area contributed by atoms with E-state index in [1.807, 2.05) is 49.4 Å². The summed E-state index contributed by atoms with van der Waals surface area (Å²) in [5, 5.41) is 2.94. The van der Waals surface area contributed by atoms with Crippen molar-refractivity contribution in [2.45, 2.75) is 38.8 Å². The Morgan fingerprint density at radius 3 is 2.24 bits per heavy atom. The van der Waals surface area contributed by atoms with E-state index in [9.17, 15) is 18.0 Å². The van der Waals surface area contributed by atoms with Gasteiger partial charge in [0.1, 0.15) is 11.8 Å². The fourth-order valence-electron chi connectivity index (χ4n) is 3.39. The van der Waals surface area contributed by atoms with E-state index < -0.39 is 22.0 Å². The zero-order valence-electron chi connectivity index (χ0n) is 20.4. The first-order chi connectivity index (χ1) is 16.2. The number of sulfonamides is 1. The van der Waals surface area contributed by atoms with Crippen molar-refractivity contribution in [2.24, 2.45) is 0 Å². The maximum atomic E-state index is 13.4. The zero-order chi connectivity index (χ0) is 25.1. The van der Waals surface area contributed by atoms with Crippen molar-refractivity contribution < 1.29 is 22.7 Å². The van der Waals surface area contributed by atoms with E-state index in [4.69, 9.17) is 4.74 Å². The minimum atomic E-state index is -3.57.